The van der Waals surface area contributed by atoms with Gasteiger partial charge < -0.3 is 15.3 Å². The number of aliphatic hydroxyl groups excluding tert-OH is 1. The van der Waals surface area contributed by atoms with Crippen LogP contribution in [0, 0.1) is 0 Å². The van der Waals surface area contributed by atoms with Crippen molar-refractivity contribution in [1.29, 1.82) is 0 Å². The summed E-state index contributed by atoms with van der Waals surface area (Å²) in [7, 11) is 0. The van der Waals surface area contributed by atoms with Crippen LogP contribution in [0.3, 0.4) is 0 Å². The molecule has 0 fully saturated rings. The first-order valence-corrected chi connectivity index (χ1v) is 6.46. The summed E-state index contributed by atoms with van der Waals surface area (Å²) in [5.41, 5.74) is 3.74. The Bertz CT molecular complexity index is 336. The molecule has 0 aromatic heterocycles. The molecule has 1 rings (SSSR count). The zero-order valence-corrected chi connectivity index (χ0v) is 10.9. The summed E-state index contributed by atoms with van der Waals surface area (Å²) in [6, 6.07) is 7.80. The van der Waals surface area contributed by atoms with Gasteiger partial charge >= 0.3 is 0 Å². The highest BCUT2D eigenvalue weighted by atomic mass is 16.5. The lowest BCUT2D eigenvalue weighted by atomic mass is 10.2. The SMILES string of the molecule is CCCCCOc1ccc(C=NNCCO)cc1. The normalized spacial score (nSPS) is 10.8. The summed E-state index contributed by atoms with van der Waals surface area (Å²) in [5.74, 6) is 0.895. The molecule has 0 saturated carbocycles. The summed E-state index contributed by atoms with van der Waals surface area (Å²) in [4.78, 5) is 0. The predicted molar refractivity (Wildman–Crippen MR) is 74.1 cm³/mol. The van der Waals surface area contributed by atoms with Crippen LogP contribution in [0.2, 0.25) is 0 Å². The molecule has 100 valence electrons. The van der Waals surface area contributed by atoms with Crippen LogP contribution in [-0.4, -0.2) is 31.1 Å². The van der Waals surface area contributed by atoms with Crippen LogP contribution < -0.4 is 10.2 Å². The lowest BCUT2D eigenvalue weighted by molar-refractivity contribution is 0.294. The Morgan fingerprint density at radius 3 is 2.72 bits per heavy atom. The molecule has 0 aliphatic rings. The Kier molecular flexibility index (Phi) is 7.64. The van der Waals surface area contributed by atoms with Gasteiger partial charge in [0.25, 0.3) is 0 Å². The maximum atomic E-state index is 8.57. The van der Waals surface area contributed by atoms with E-state index in [1.54, 1.807) is 6.21 Å². The van der Waals surface area contributed by atoms with E-state index in [1.807, 2.05) is 24.3 Å². The molecule has 4 heteroatoms. The van der Waals surface area contributed by atoms with E-state index in [2.05, 4.69) is 17.5 Å². The molecule has 4 nitrogen and oxygen atoms in total. The lowest BCUT2D eigenvalue weighted by Gasteiger charge is -2.05. The number of nitrogens with one attached hydrogen (secondary N) is 1. The standard InChI is InChI=1S/C14H22N2O2/c1-2-3-4-11-18-14-7-5-13(6-8-14)12-16-15-9-10-17/h5-8,12,15,17H,2-4,9-11H2,1H3. The van der Waals surface area contributed by atoms with Gasteiger partial charge in [-0.15, -0.1) is 0 Å². The average Bonchev–Trinajstić information content (AvgIpc) is 2.41. The average molecular weight is 250 g/mol. The highest BCUT2D eigenvalue weighted by Gasteiger charge is 1.94. The van der Waals surface area contributed by atoms with Crippen LogP contribution in [0.1, 0.15) is 31.7 Å². The fourth-order valence-electron chi connectivity index (χ4n) is 1.43. The van der Waals surface area contributed by atoms with Gasteiger partial charge in [0.05, 0.1) is 26.0 Å². The summed E-state index contributed by atoms with van der Waals surface area (Å²) < 4.78 is 5.61. The van der Waals surface area contributed by atoms with Crippen molar-refractivity contribution in [3.8, 4) is 5.75 Å². The zero-order valence-electron chi connectivity index (χ0n) is 10.9. The summed E-state index contributed by atoms with van der Waals surface area (Å²) in [6.07, 6.45) is 5.24. The smallest absolute Gasteiger partial charge is 0.119 e. The van der Waals surface area contributed by atoms with Gasteiger partial charge in [0.15, 0.2) is 0 Å². The van der Waals surface area contributed by atoms with Crippen molar-refractivity contribution in [2.75, 3.05) is 19.8 Å². The van der Waals surface area contributed by atoms with Gasteiger partial charge in [-0.05, 0) is 36.2 Å². The maximum Gasteiger partial charge on any atom is 0.119 e. The van der Waals surface area contributed by atoms with Crippen molar-refractivity contribution in [3.63, 3.8) is 0 Å². The molecular formula is C14H22N2O2. The highest BCUT2D eigenvalue weighted by molar-refractivity contribution is 5.79. The second kappa shape index (κ2) is 9.48. The number of nitrogens with zero attached hydrogens (tertiary/aromatic N) is 1. The Morgan fingerprint density at radius 2 is 2.06 bits per heavy atom. The predicted octanol–water partition coefficient (Wildman–Crippen LogP) is 2.17. The van der Waals surface area contributed by atoms with Crippen LogP contribution in [0.15, 0.2) is 29.4 Å². The van der Waals surface area contributed by atoms with E-state index >= 15 is 0 Å². The van der Waals surface area contributed by atoms with Gasteiger partial charge in [-0.1, -0.05) is 19.8 Å². The van der Waals surface area contributed by atoms with Gasteiger partial charge in [0.1, 0.15) is 5.75 Å². The second-order valence-corrected chi connectivity index (χ2v) is 4.01. The maximum absolute atomic E-state index is 8.57. The molecule has 0 radical (unpaired) electrons. The number of hydrogen-bond acceptors (Lipinski definition) is 4. The van der Waals surface area contributed by atoms with E-state index in [9.17, 15) is 0 Å². The Hall–Kier alpha value is -1.55. The van der Waals surface area contributed by atoms with Crippen molar-refractivity contribution < 1.29 is 9.84 Å². The number of ether oxygens (including phenoxy) is 1. The topological polar surface area (TPSA) is 53.8 Å². The molecule has 0 amide bonds. The van der Waals surface area contributed by atoms with Crippen molar-refractivity contribution in [2.45, 2.75) is 26.2 Å². The van der Waals surface area contributed by atoms with Gasteiger partial charge in [-0.2, -0.15) is 5.10 Å². The molecule has 0 atom stereocenters. The van der Waals surface area contributed by atoms with Crippen LogP contribution >= 0.6 is 0 Å². The van der Waals surface area contributed by atoms with Crippen LogP contribution in [0.25, 0.3) is 0 Å². The Morgan fingerprint density at radius 1 is 1.28 bits per heavy atom. The van der Waals surface area contributed by atoms with Crippen LogP contribution in [-0.2, 0) is 0 Å². The van der Waals surface area contributed by atoms with E-state index < -0.39 is 0 Å². The third kappa shape index (κ3) is 6.25. The minimum Gasteiger partial charge on any atom is -0.494 e. The molecule has 0 aliphatic heterocycles. The molecule has 0 bridgehead atoms. The third-order valence-corrected chi connectivity index (χ3v) is 2.43. The fourth-order valence-corrected chi connectivity index (χ4v) is 1.43. The van der Waals surface area contributed by atoms with E-state index in [4.69, 9.17) is 9.84 Å². The fraction of sp³-hybridized carbons (Fsp3) is 0.500. The number of rotatable bonds is 9. The molecule has 18 heavy (non-hydrogen) atoms. The highest BCUT2D eigenvalue weighted by Crippen LogP contribution is 2.11. The molecule has 2 N–H and O–H groups in total. The van der Waals surface area contributed by atoms with Crippen LogP contribution in [0.4, 0.5) is 0 Å². The van der Waals surface area contributed by atoms with Gasteiger partial charge in [0.2, 0.25) is 0 Å². The number of benzene rings is 1. The Balaban J connectivity index is 2.30. The number of unbranched alkanes of at least 4 members (excludes halogenated alkanes) is 2. The molecule has 1 aromatic rings. The van der Waals surface area contributed by atoms with E-state index in [0.717, 1.165) is 24.3 Å². The summed E-state index contributed by atoms with van der Waals surface area (Å²) in [5, 5.41) is 12.5. The van der Waals surface area contributed by atoms with Gasteiger partial charge in [0, 0.05) is 0 Å². The third-order valence-electron chi connectivity index (χ3n) is 2.43. The minimum atomic E-state index is 0.0852. The van der Waals surface area contributed by atoms with E-state index in [1.165, 1.54) is 12.8 Å². The number of aliphatic hydroxyl groups is 1. The second-order valence-electron chi connectivity index (χ2n) is 4.01. The number of hydrogen-bond donors (Lipinski definition) is 2. The molecule has 1 aromatic carbocycles. The van der Waals surface area contributed by atoms with E-state index in [-0.39, 0.29) is 6.61 Å². The zero-order chi connectivity index (χ0) is 13.1. The first-order valence-electron chi connectivity index (χ1n) is 6.46. The minimum absolute atomic E-state index is 0.0852. The van der Waals surface area contributed by atoms with Crippen molar-refractivity contribution >= 4 is 6.21 Å². The number of hydrazone groups is 1. The quantitative estimate of drug-likeness (QED) is 0.401. The monoisotopic (exact) mass is 250 g/mol. The Labute approximate surface area is 109 Å². The molecule has 0 unspecified atom stereocenters. The van der Waals surface area contributed by atoms with Gasteiger partial charge in [-0.3, -0.25) is 0 Å². The first-order chi connectivity index (χ1) is 8.86. The molecule has 0 aliphatic carbocycles. The van der Waals surface area contributed by atoms with Crippen molar-refractivity contribution in [3.05, 3.63) is 29.8 Å². The van der Waals surface area contributed by atoms with Crippen molar-refractivity contribution in [2.24, 2.45) is 5.10 Å². The molecular weight excluding hydrogens is 228 g/mol. The molecule has 0 saturated heterocycles. The molecule has 0 spiro atoms. The first kappa shape index (κ1) is 14.5. The van der Waals surface area contributed by atoms with Crippen LogP contribution in [0.5, 0.6) is 5.75 Å². The van der Waals surface area contributed by atoms with E-state index in [0.29, 0.717) is 6.54 Å². The summed E-state index contributed by atoms with van der Waals surface area (Å²) >= 11 is 0. The largest absolute Gasteiger partial charge is 0.494 e. The van der Waals surface area contributed by atoms with Crippen molar-refractivity contribution in [1.82, 2.24) is 5.43 Å². The lowest BCUT2D eigenvalue weighted by Crippen LogP contribution is -2.11. The molecule has 0 heterocycles. The summed E-state index contributed by atoms with van der Waals surface area (Å²) in [6.45, 7) is 3.51. The van der Waals surface area contributed by atoms with Gasteiger partial charge in [-0.25, -0.2) is 0 Å².